The van der Waals surface area contributed by atoms with Gasteiger partial charge in [0.15, 0.2) is 0 Å². The van der Waals surface area contributed by atoms with Crippen LogP contribution in [0.1, 0.15) is 49.9 Å². The minimum Gasteiger partial charge on any atom is -0.306 e. The number of hydrogen-bond donors (Lipinski definition) is 1. The molecular formula is C15H19ClFN3S. The number of aromatic nitrogens is 2. The van der Waals surface area contributed by atoms with Crippen LogP contribution in [0.3, 0.4) is 0 Å². The fraction of sp³-hybridized carbons (Fsp3) is 0.467. The highest BCUT2D eigenvalue weighted by Crippen LogP contribution is 2.36. The van der Waals surface area contributed by atoms with E-state index in [1.54, 1.807) is 6.07 Å². The first-order chi connectivity index (χ1) is 9.84. The summed E-state index contributed by atoms with van der Waals surface area (Å²) in [5.41, 5.74) is 1.50. The van der Waals surface area contributed by atoms with Crippen LogP contribution in [-0.2, 0) is 5.41 Å². The van der Waals surface area contributed by atoms with Crippen LogP contribution in [0.4, 0.5) is 4.39 Å². The molecular weight excluding hydrogens is 309 g/mol. The third-order valence-corrected chi connectivity index (χ3v) is 4.30. The van der Waals surface area contributed by atoms with Crippen molar-refractivity contribution in [3.63, 3.8) is 0 Å². The normalized spacial score (nSPS) is 13.4. The van der Waals surface area contributed by atoms with Crippen molar-refractivity contribution in [3.8, 4) is 0 Å². The molecule has 1 N–H and O–H groups in total. The summed E-state index contributed by atoms with van der Waals surface area (Å²) in [6.07, 6.45) is 0. The van der Waals surface area contributed by atoms with E-state index >= 15 is 0 Å². The smallest absolute Gasteiger partial charge is 0.123 e. The summed E-state index contributed by atoms with van der Waals surface area (Å²) in [5, 5.41) is 8.16. The minimum atomic E-state index is -0.299. The van der Waals surface area contributed by atoms with Crippen LogP contribution >= 0.6 is 23.1 Å². The van der Waals surface area contributed by atoms with Gasteiger partial charge in [-0.1, -0.05) is 43.8 Å². The SMILES string of the molecule is CCNC(c1cc(F)ccc1Cl)c1snnc1C(C)(C)C. The van der Waals surface area contributed by atoms with Crippen molar-refractivity contribution in [2.45, 2.75) is 39.2 Å². The maximum absolute atomic E-state index is 13.6. The zero-order chi connectivity index (χ0) is 15.6. The quantitative estimate of drug-likeness (QED) is 0.908. The molecule has 0 bridgehead atoms. The van der Waals surface area contributed by atoms with E-state index in [1.807, 2.05) is 6.92 Å². The number of benzene rings is 1. The first kappa shape index (κ1) is 16.3. The fourth-order valence-electron chi connectivity index (χ4n) is 2.19. The number of nitrogens with one attached hydrogen (secondary N) is 1. The Hall–Kier alpha value is -1.04. The molecule has 0 aliphatic heterocycles. The van der Waals surface area contributed by atoms with Gasteiger partial charge in [-0.2, -0.15) is 0 Å². The van der Waals surface area contributed by atoms with Gasteiger partial charge in [-0.15, -0.1) is 5.10 Å². The Morgan fingerprint density at radius 1 is 1.38 bits per heavy atom. The van der Waals surface area contributed by atoms with Gasteiger partial charge in [0.05, 0.1) is 16.6 Å². The highest BCUT2D eigenvalue weighted by Gasteiger charge is 2.29. The summed E-state index contributed by atoms with van der Waals surface area (Å²) >= 11 is 7.60. The van der Waals surface area contributed by atoms with Gasteiger partial charge in [0, 0.05) is 10.4 Å². The van der Waals surface area contributed by atoms with Crippen LogP contribution in [0.5, 0.6) is 0 Å². The molecule has 0 spiro atoms. The van der Waals surface area contributed by atoms with Gasteiger partial charge in [0.25, 0.3) is 0 Å². The standard InChI is InChI=1S/C15H19ClFN3S/c1-5-18-12(10-8-9(17)6-7-11(10)16)13-14(15(2,3)4)19-20-21-13/h6-8,12,18H,5H2,1-4H3. The third kappa shape index (κ3) is 3.59. The van der Waals surface area contributed by atoms with Crippen LogP contribution in [0, 0.1) is 5.82 Å². The Kier molecular flexibility index (Phi) is 4.96. The van der Waals surface area contributed by atoms with Crippen LogP contribution in [0.15, 0.2) is 18.2 Å². The van der Waals surface area contributed by atoms with Crippen molar-refractivity contribution in [2.75, 3.05) is 6.54 Å². The molecule has 21 heavy (non-hydrogen) atoms. The van der Waals surface area contributed by atoms with E-state index in [-0.39, 0.29) is 17.3 Å². The van der Waals surface area contributed by atoms with Gasteiger partial charge >= 0.3 is 0 Å². The van der Waals surface area contributed by atoms with E-state index in [1.165, 1.54) is 23.7 Å². The molecule has 0 aliphatic rings. The summed E-state index contributed by atoms with van der Waals surface area (Å²) in [5.74, 6) is -0.299. The molecule has 3 nitrogen and oxygen atoms in total. The van der Waals surface area contributed by atoms with Gasteiger partial charge in [-0.05, 0) is 41.8 Å². The van der Waals surface area contributed by atoms with Gasteiger partial charge in [-0.25, -0.2) is 4.39 Å². The average Bonchev–Trinajstić information content (AvgIpc) is 2.88. The summed E-state index contributed by atoms with van der Waals surface area (Å²) < 4.78 is 17.7. The largest absolute Gasteiger partial charge is 0.306 e. The van der Waals surface area contributed by atoms with Crippen molar-refractivity contribution < 1.29 is 4.39 Å². The Balaban J connectivity index is 2.54. The zero-order valence-electron chi connectivity index (χ0n) is 12.6. The van der Waals surface area contributed by atoms with Crippen molar-refractivity contribution in [2.24, 2.45) is 0 Å². The molecule has 1 aromatic carbocycles. The predicted octanol–water partition coefficient (Wildman–Crippen LogP) is 4.33. The van der Waals surface area contributed by atoms with Crippen molar-refractivity contribution in [1.82, 2.24) is 14.9 Å². The molecule has 0 fully saturated rings. The Bertz CT molecular complexity index is 622. The van der Waals surface area contributed by atoms with Gasteiger partial charge in [0.1, 0.15) is 5.82 Å². The minimum absolute atomic E-state index is 0.129. The molecule has 1 heterocycles. The molecule has 0 radical (unpaired) electrons. The lowest BCUT2D eigenvalue weighted by molar-refractivity contribution is 0.541. The molecule has 114 valence electrons. The van der Waals surface area contributed by atoms with E-state index in [9.17, 15) is 4.39 Å². The second-order valence-electron chi connectivity index (χ2n) is 5.89. The molecule has 0 saturated heterocycles. The van der Waals surface area contributed by atoms with Crippen LogP contribution in [0.2, 0.25) is 5.02 Å². The summed E-state index contributed by atoms with van der Waals surface area (Å²) in [6, 6.07) is 4.22. The van der Waals surface area contributed by atoms with E-state index in [0.29, 0.717) is 5.02 Å². The van der Waals surface area contributed by atoms with Crippen LogP contribution in [-0.4, -0.2) is 16.1 Å². The van der Waals surface area contributed by atoms with Crippen LogP contribution < -0.4 is 5.32 Å². The monoisotopic (exact) mass is 327 g/mol. The average molecular weight is 328 g/mol. The molecule has 6 heteroatoms. The molecule has 1 aromatic heterocycles. The lowest BCUT2D eigenvalue weighted by atomic mass is 9.88. The number of rotatable bonds is 4. The predicted molar refractivity (Wildman–Crippen MR) is 85.5 cm³/mol. The maximum Gasteiger partial charge on any atom is 0.123 e. The summed E-state index contributed by atoms with van der Waals surface area (Å²) in [7, 11) is 0. The van der Waals surface area contributed by atoms with E-state index in [0.717, 1.165) is 22.7 Å². The van der Waals surface area contributed by atoms with Crippen molar-refractivity contribution >= 4 is 23.1 Å². The molecule has 2 rings (SSSR count). The first-order valence-electron chi connectivity index (χ1n) is 6.85. The second-order valence-corrected chi connectivity index (χ2v) is 7.09. The van der Waals surface area contributed by atoms with E-state index in [2.05, 4.69) is 35.7 Å². The van der Waals surface area contributed by atoms with Gasteiger partial charge in [-0.3, -0.25) is 0 Å². The van der Waals surface area contributed by atoms with Crippen molar-refractivity contribution in [3.05, 3.63) is 45.2 Å². The van der Waals surface area contributed by atoms with E-state index in [4.69, 9.17) is 11.6 Å². The molecule has 1 unspecified atom stereocenters. The van der Waals surface area contributed by atoms with Crippen molar-refractivity contribution in [1.29, 1.82) is 0 Å². The maximum atomic E-state index is 13.6. The molecule has 0 amide bonds. The third-order valence-electron chi connectivity index (χ3n) is 3.16. The Morgan fingerprint density at radius 2 is 2.10 bits per heavy atom. The number of nitrogens with zero attached hydrogens (tertiary/aromatic N) is 2. The highest BCUT2D eigenvalue weighted by atomic mass is 35.5. The zero-order valence-corrected chi connectivity index (χ0v) is 14.1. The Labute approximate surface area is 133 Å². The topological polar surface area (TPSA) is 37.8 Å². The number of hydrogen-bond acceptors (Lipinski definition) is 4. The molecule has 0 aliphatic carbocycles. The number of halogens is 2. The Morgan fingerprint density at radius 3 is 2.71 bits per heavy atom. The molecule has 0 saturated carbocycles. The second kappa shape index (κ2) is 6.38. The molecule has 2 aromatic rings. The first-order valence-corrected chi connectivity index (χ1v) is 8.00. The lowest BCUT2D eigenvalue weighted by Crippen LogP contribution is -2.25. The molecule has 1 atom stereocenters. The summed E-state index contributed by atoms with van der Waals surface area (Å²) in [6.45, 7) is 9.00. The van der Waals surface area contributed by atoms with Crippen LogP contribution in [0.25, 0.3) is 0 Å². The highest BCUT2D eigenvalue weighted by molar-refractivity contribution is 7.05. The van der Waals surface area contributed by atoms with E-state index < -0.39 is 0 Å². The fourth-order valence-corrected chi connectivity index (χ4v) is 3.38. The van der Waals surface area contributed by atoms with Gasteiger partial charge < -0.3 is 5.32 Å². The summed E-state index contributed by atoms with van der Waals surface area (Å²) in [4.78, 5) is 0.983. The lowest BCUT2D eigenvalue weighted by Gasteiger charge is -2.23. The van der Waals surface area contributed by atoms with Gasteiger partial charge in [0.2, 0.25) is 0 Å².